The van der Waals surface area contributed by atoms with Crippen molar-refractivity contribution in [3.05, 3.63) is 27.0 Å². The van der Waals surface area contributed by atoms with Crippen LogP contribution in [0.25, 0.3) is 0 Å². The Morgan fingerprint density at radius 3 is 1.15 bits per heavy atom. The molecule has 0 spiro atoms. The number of nitrogens with two attached hydrogens (primary N) is 1. The zero-order valence-electron chi connectivity index (χ0n) is 23.8. The molecular weight excluding hydrogens is 590 g/mol. The molecule has 0 saturated carbocycles. The van der Waals surface area contributed by atoms with Crippen LogP contribution in [0, 0.1) is 6.92 Å². The van der Waals surface area contributed by atoms with Crippen LogP contribution >= 0.6 is 46.4 Å². The van der Waals surface area contributed by atoms with Crippen LogP contribution in [0.2, 0.25) is 21.1 Å². The van der Waals surface area contributed by atoms with Gasteiger partial charge in [-0.1, -0.05) is 13.8 Å². The Kier molecular flexibility index (Phi) is 21.9. The minimum absolute atomic E-state index is 0.000000000000000444. The van der Waals surface area contributed by atoms with Gasteiger partial charge in [-0.2, -0.15) is 44.9 Å². The monoisotopic (exact) mass is 626 g/mol. The van der Waals surface area contributed by atoms with Gasteiger partial charge in [-0.25, -0.2) is 0 Å². The molecule has 0 saturated heterocycles. The number of anilines is 4. The van der Waals surface area contributed by atoms with Gasteiger partial charge >= 0.3 is 0 Å². The first-order chi connectivity index (χ1) is 18.4. The number of rotatable bonds is 6. The van der Waals surface area contributed by atoms with E-state index in [1.165, 1.54) is 7.05 Å². The lowest BCUT2D eigenvalue weighted by atomic mass is 10.4. The normalized spacial score (nSPS) is 9.36. The molecule has 220 valence electrons. The van der Waals surface area contributed by atoms with Gasteiger partial charge in [0.05, 0.1) is 0 Å². The van der Waals surface area contributed by atoms with E-state index in [4.69, 9.17) is 46.4 Å². The molecule has 39 heavy (non-hydrogen) atoms. The van der Waals surface area contributed by atoms with Crippen molar-refractivity contribution in [3.63, 3.8) is 0 Å². The van der Waals surface area contributed by atoms with Crippen LogP contribution in [0.3, 0.4) is 0 Å². The molecule has 0 aromatic carbocycles. The summed E-state index contributed by atoms with van der Waals surface area (Å²) in [4.78, 5) is 34.6. The molecule has 0 bridgehead atoms. The molecule has 0 aliphatic rings. The Balaban J connectivity index is 0. The Morgan fingerprint density at radius 1 is 0.513 bits per heavy atom. The summed E-state index contributed by atoms with van der Waals surface area (Å²) in [6, 6.07) is 0.592. The molecule has 3 aromatic rings. The molecule has 3 rings (SSSR count). The lowest BCUT2D eigenvalue weighted by Crippen LogP contribution is -2.14. The highest BCUT2D eigenvalue weighted by atomic mass is 35.5. The second kappa shape index (κ2) is 22.2. The van der Waals surface area contributed by atoms with E-state index in [1.54, 1.807) is 14.1 Å². The molecule has 0 atom stereocenters. The average Bonchev–Trinajstić information content (AvgIpc) is 2.85. The molecular formula is C21H38Cl4N14. The van der Waals surface area contributed by atoms with Crippen LogP contribution in [0.1, 0.15) is 47.4 Å². The predicted octanol–water partition coefficient (Wildman–Crippen LogP) is 4.86. The standard InChI is InChI=1S/C8H15N5.C7H12ClN5.C3Cl3N3.C2H6.CH5N/c1-5(2)10-8-12-6(3)11-7(9-4)13-8;1-4(2)10-7-12-5(8)11-6(9-3)13-7;4-1-7-2(5)9-3(6)8-1;2*1-2/h5H,1-4H3,(H2,9,10,11,12,13);4H,1-3H3,(H2,9,10,11,12,13);;1-2H3;2H2,1H3. The molecule has 0 radical (unpaired) electrons. The maximum absolute atomic E-state index is 5.67. The van der Waals surface area contributed by atoms with Gasteiger partial charge in [-0.3, -0.25) is 0 Å². The highest BCUT2D eigenvalue weighted by Crippen LogP contribution is 2.10. The van der Waals surface area contributed by atoms with Crippen LogP contribution in [-0.4, -0.2) is 78.1 Å². The van der Waals surface area contributed by atoms with E-state index in [1.807, 2.05) is 48.5 Å². The molecule has 3 aromatic heterocycles. The molecule has 0 amide bonds. The molecule has 0 fully saturated rings. The maximum Gasteiger partial charge on any atom is 0.228 e. The lowest BCUT2D eigenvalue weighted by Gasteiger charge is -2.09. The first kappa shape index (κ1) is 38.5. The maximum atomic E-state index is 5.67. The van der Waals surface area contributed by atoms with E-state index in [9.17, 15) is 0 Å². The van der Waals surface area contributed by atoms with Crippen LogP contribution < -0.4 is 27.0 Å². The van der Waals surface area contributed by atoms with Crippen molar-refractivity contribution in [2.45, 2.75) is 60.5 Å². The number of aromatic nitrogens is 9. The van der Waals surface area contributed by atoms with Crippen molar-refractivity contribution in [2.24, 2.45) is 5.73 Å². The van der Waals surface area contributed by atoms with Gasteiger partial charge in [0.2, 0.25) is 44.9 Å². The van der Waals surface area contributed by atoms with E-state index < -0.39 is 0 Å². The number of hydrogen-bond donors (Lipinski definition) is 5. The number of nitrogens with zero attached hydrogens (tertiary/aromatic N) is 9. The van der Waals surface area contributed by atoms with Crippen LogP contribution in [0.4, 0.5) is 23.8 Å². The Morgan fingerprint density at radius 2 is 0.795 bits per heavy atom. The summed E-state index contributed by atoms with van der Waals surface area (Å²) in [6.45, 7) is 13.9. The molecule has 14 nitrogen and oxygen atoms in total. The number of aryl methyl sites for hydroxylation is 1. The van der Waals surface area contributed by atoms with E-state index in [2.05, 4.69) is 71.9 Å². The fourth-order valence-electron chi connectivity index (χ4n) is 2.00. The second-order valence-electron chi connectivity index (χ2n) is 7.02. The highest BCUT2D eigenvalue weighted by molar-refractivity contribution is 6.33. The number of hydrogen-bond acceptors (Lipinski definition) is 14. The van der Waals surface area contributed by atoms with Gasteiger partial charge in [0, 0.05) is 26.2 Å². The average molecular weight is 628 g/mol. The lowest BCUT2D eigenvalue weighted by molar-refractivity contribution is 0.858. The molecule has 0 aliphatic carbocycles. The van der Waals surface area contributed by atoms with Gasteiger partial charge in [0.25, 0.3) is 0 Å². The molecule has 6 N–H and O–H groups in total. The summed E-state index contributed by atoms with van der Waals surface area (Å²) in [7, 11) is 5.01. The van der Waals surface area contributed by atoms with Crippen LogP contribution in [0.15, 0.2) is 0 Å². The third-order valence-electron chi connectivity index (χ3n) is 3.19. The smallest absolute Gasteiger partial charge is 0.228 e. The van der Waals surface area contributed by atoms with Crippen molar-refractivity contribution in [2.75, 3.05) is 42.4 Å². The minimum atomic E-state index is 0.000000000000000444. The van der Waals surface area contributed by atoms with Gasteiger partial charge < -0.3 is 27.0 Å². The minimum Gasteiger partial charge on any atom is -0.357 e. The first-order valence-corrected chi connectivity index (χ1v) is 13.3. The third kappa shape index (κ3) is 19.1. The summed E-state index contributed by atoms with van der Waals surface area (Å²) in [5, 5.41) is 12.0. The zero-order chi connectivity index (χ0) is 30.5. The SMILES string of the molecule is CC.CN.CNc1nc(C)nc(NC(C)C)n1.CNc1nc(Cl)nc(NC(C)C)n1.Clc1nc(Cl)nc(Cl)n1. The summed E-state index contributed by atoms with van der Waals surface area (Å²) in [5.74, 6) is 2.87. The fraction of sp³-hybridized carbons (Fsp3) is 0.571. The van der Waals surface area contributed by atoms with Crippen molar-refractivity contribution >= 4 is 70.2 Å². The predicted molar refractivity (Wildman–Crippen MR) is 162 cm³/mol. The summed E-state index contributed by atoms with van der Waals surface area (Å²) >= 11 is 21.6. The largest absolute Gasteiger partial charge is 0.357 e. The van der Waals surface area contributed by atoms with Gasteiger partial charge in [0.1, 0.15) is 5.82 Å². The third-order valence-corrected chi connectivity index (χ3v) is 3.87. The van der Waals surface area contributed by atoms with E-state index in [0.29, 0.717) is 35.7 Å². The number of halogens is 4. The van der Waals surface area contributed by atoms with Crippen LogP contribution in [-0.2, 0) is 0 Å². The molecule has 0 unspecified atom stereocenters. The Labute approximate surface area is 250 Å². The summed E-state index contributed by atoms with van der Waals surface area (Å²) < 4.78 is 0. The van der Waals surface area contributed by atoms with Gasteiger partial charge in [-0.15, -0.1) is 0 Å². The Hall–Kier alpha value is -2.65. The van der Waals surface area contributed by atoms with Gasteiger partial charge in [0.15, 0.2) is 0 Å². The summed E-state index contributed by atoms with van der Waals surface area (Å²) in [5.41, 5.74) is 4.50. The van der Waals surface area contributed by atoms with Crippen molar-refractivity contribution < 1.29 is 0 Å². The summed E-state index contributed by atoms with van der Waals surface area (Å²) in [6.07, 6.45) is 0. The molecule has 0 aliphatic heterocycles. The zero-order valence-corrected chi connectivity index (χ0v) is 26.8. The fourth-order valence-corrected chi connectivity index (χ4v) is 2.77. The van der Waals surface area contributed by atoms with E-state index in [-0.39, 0.29) is 27.2 Å². The molecule has 18 heteroatoms. The van der Waals surface area contributed by atoms with Crippen molar-refractivity contribution in [1.29, 1.82) is 0 Å². The highest BCUT2D eigenvalue weighted by Gasteiger charge is 2.04. The number of nitrogens with one attached hydrogen (secondary N) is 4. The second-order valence-corrected chi connectivity index (χ2v) is 8.37. The van der Waals surface area contributed by atoms with Crippen LogP contribution in [0.5, 0.6) is 0 Å². The quantitative estimate of drug-likeness (QED) is 0.249. The topological polar surface area (TPSA) is 190 Å². The van der Waals surface area contributed by atoms with Crippen molar-refractivity contribution in [1.82, 2.24) is 44.9 Å². The van der Waals surface area contributed by atoms with E-state index >= 15 is 0 Å². The van der Waals surface area contributed by atoms with Gasteiger partial charge in [-0.05, 0) is 88.1 Å². The Bertz CT molecular complexity index is 963. The molecule has 3 heterocycles. The van der Waals surface area contributed by atoms with E-state index in [0.717, 1.165) is 0 Å². The van der Waals surface area contributed by atoms with Crippen molar-refractivity contribution in [3.8, 4) is 0 Å². The first-order valence-electron chi connectivity index (χ1n) is 11.7.